The van der Waals surface area contributed by atoms with Gasteiger partial charge in [-0.3, -0.25) is 0 Å². The summed E-state index contributed by atoms with van der Waals surface area (Å²) in [5.41, 5.74) is 0.428. The summed E-state index contributed by atoms with van der Waals surface area (Å²) in [6, 6.07) is 0.709. The lowest BCUT2D eigenvalue weighted by Gasteiger charge is -2.36. The fourth-order valence-electron chi connectivity index (χ4n) is 2.15. The zero-order valence-corrected chi connectivity index (χ0v) is 10.8. The third kappa shape index (κ3) is 2.95. The van der Waals surface area contributed by atoms with Crippen LogP contribution in [-0.2, 0) is 0 Å². The van der Waals surface area contributed by atoms with E-state index in [2.05, 4.69) is 46.7 Å². The van der Waals surface area contributed by atoms with Crippen molar-refractivity contribution in [2.75, 3.05) is 11.5 Å². The molecule has 2 unspecified atom stereocenters. The molecule has 1 fully saturated rings. The lowest BCUT2D eigenvalue weighted by atomic mass is 9.87. The van der Waals surface area contributed by atoms with Gasteiger partial charge in [0.15, 0.2) is 5.82 Å². The highest BCUT2D eigenvalue weighted by Crippen LogP contribution is 2.34. The van der Waals surface area contributed by atoms with Gasteiger partial charge in [-0.25, -0.2) is 0 Å². The van der Waals surface area contributed by atoms with E-state index in [9.17, 15) is 0 Å². The molecule has 2 atom stereocenters. The molecular weight excluding hydrogens is 222 g/mol. The van der Waals surface area contributed by atoms with E-state index >= 15 is 0 Å². The Labute approximate surface area is 100 Å². The fraction of sp³-hybridized carbons (Fsp3) is 0.900. The number of hydrogen-bond donors (Lipinski definition) is 2. The van der Waals surface area contributed by atoms with Crippen LogP contribution in [0.25, 0.3) is 0 Å². The van der Waals surface area contributed by atoms with Crippen LogP contribution in [0.4, 0.5) is 0 Å². The first-order valence-corrected chi connectivity index (χ1v) is 6.79. The summed E-state index contributed by atoms with van der Waals surface area (Å²) in [6.45, 7) is 6.73. The first-order chi connectivity index (χ1) is 7.57. The van der Waals surface area contributed by atoms with Gasteiger partial charge < -0.3 is 5.32 Å². The van der Waals surface area contributed by atoms with Gasteiger partial charge in [0.05, 0.1) is 6.04 Å². The van der Waals surface area contributed by atoms with Gasteiger partial charge in [-0.1, -0.05) is 19.1 Å². The Balaban J connectivity index is 1.90. The minimum atomic E-state index is 0.165. The molecule has 0 radical (unpaired) electrons. The second-order valence-electron chi connectivity index (χ2n) is 5.24. The van der Waals surface area contributed by atoms with Crippen molar-refractivity contribution in [2.24, 2.45) is 5.41 Å². The molecule has 2 rings (SSSR count). The van der Waals surface area contributed by atoms with Crippen LogP contribution in [0.15, 0.2) is 0 Å². The average Bonchev–Trinajstić information content (AvgIpc) is 2.68. The molecule has 1 aliphatic rings. The number of nitrogens with one attached hydrogen (secondary N) is 2. The van der Waals surface area contributed by atoms with Gasteiger partial charge in [0.2, 0.25) is 0 Å². The lowest BCUT2D eigenvalue weighted by Crippen LogP contribution is -2.41. The summed E-state index contributed by atoms with van der Waals surface area (Å²) in [4.78, 5) is 0. The summed E-state index contributed by atoms with van der Waals surface area (Å²) in [6.07, 6.45) is 1.21. The molecule has 2 heterocycles. The minimum absolute atomic E-state index is 0.165. The Morgan fingerprint density at radius 2 is 2.38 bits per heavy atom. The van der Waals surface area contributed by atoms with Crippen LogP contribution < -0.4 is 5.32 Å². The molecule has 0 aliphatic carbocycles. The summed E-state index contributed by atoms with van der Waals surface area (Å²) in [5, 5.41) is 17.6. The number of aromatic amines is 1. The number of aromatic nitrogens is 4. The van der Waals surface area contributed by atoms with E-state index in [4.69, 9.17) is 0 Å². The molecule has 0 spiro atoms. The van der Waals surface area contributed by atoms with E-state index in [1.807, 2.05) is 11.8 Å². The van der Waals surface area contributed by atoms with Crippen molar-refractivity contribution in [1.82, 2.24) is 25.9 Å². The van der Waals surface area contributed by atoms with Crippen LogP contribution in [0.1, 0.15) is 39.1 Å². The number of hydrogen-bond acceptors (Lipinski definition) is 5. The van der Waals surface area contributed by atoms with Crippen molar-refractivity contribution in [3.8, 4) is 0 Å². The third-order valence-corrected chi connectivity index (χ3v) is 4.47. The monoisotopic (exact) mass is 241 g/mol. The minimum Gasteiger partial charge on any atom is -0.304 e. The molecule has 1 saturated heterocycles. The number of H-pyrrole nitrogens is 1. The van der Waals surface area contributed by atoms with Crippen molar-refractivity contribution in [3.63, 3.8) is 0 Å². The van der Waals surface area contributed by atoms with Crippen LogP contribution >= 0.6 is 11.8 Å². The number of tetrazole rings is 1. The Kier molecular flexibility index (Phi) is 3.49. The van der Waals surface area contributed by atoms with E-state index in [1.165, 1.54) is 17.9 Å². The first-order valence-electron chi connectivity index (χ1n) is 5.64. The number of nitrogens with zero attached hydrogens (tertiary/aromatic N) is 3. The molecule has 5 nitrogen and oxygen atoms in total. The molecule has 0 saturated carbocycles. The quantitative estimate of drug-likeness (QED) is 0.837. The molecule has 16 heavy (non-hydrogen) atoms. The van der Waals surface area contributed by atoms with Crippen LogP contribution in [0.3, 0.4) is 0 Å². The largest absolute Gasteiger partial charge is 0.304 e. The van der Waals surface area contributed by atoms with Crippen molar-refractivity contribution < 1.29 is 0 Å². The first kappa shape index (κ1) is 11.9. The predicted octanol–water partition coefficient (Wildman–Crippen LogP) is 1.38. The third-order valence-electron chi connectivity index (χ3n) is 2.85. The normalized spacial score (nSPS) is 26.6. The van der Waals surface area contributed by atoms with E-state index in [1.54, 1.807) is 0 Å². The van der Waals surface area contributed by atoms with Crippen molar-refractivity contribution in [3.05, 3.63) is 5.82 Å². The van der Waals surface area contributed by atoms with Gasteiger partial charge in [-0.2, -0.15) is 17.0 Å². The Morgan fingerprint density at radius 3 is 3.00 bits per heavy atom. The lowest BCUT2D eigenvalue weighted by molar-refractivity contribution is 0.302. The standard InChI is InChI=1S/C10H19N5S/c1-7(9-12-14-15-13-9)11-8-4-10(2,3)6-16-5-8/h7-8,11H,4-6H2,1-3H3,(H,12,13,14,15). The maximum atomic E-state index is 4.00. The Bertz CT molecular complexity index is 324. The highest BCUT2D eigenvalue weighted by Gasteiger charge is 2.29. The summed E-state index contributed by atoms with van der Waals surface area (Å²) in [5.74, 6) is 3.17. The Hall–Kier alpha value is -0.620. The van der Waals surface area contributed by atoms with Crippen LogP contribution in [-0.4, -0.2) is 38.2 Å². The summed E-state index contributed by atoms with van der Waals surface area (Å²) >= 11 is 2.02. The molecule has 0 aromatic carbocycles. The molecule has 0 bridgehead atoms. The van der Waals surface area contributed by atoms with Crippen molar-refractivity contribution >= 4 is 11.8 Å². The van der Waals surface area contributed by atoms with Gasteiger partial charge >= 0.3 is 0 Å². The molecule has 6 heteroatoms. The highest BCUT2D eigenvalue weighted by atomic mass is 32.2. The Morgan fingerprint density at radius 1 is 1.56 bits per heavy atom. The fourth-order valence-corrected chi connectivity index (χ4v) is 3.44. The molecular formula is C10H19N5S. The van der Waals surface area contributed by atoms with Gasteiger partial charge in [0, 0.05) is 11.8 Å². The second kappa shape index (κ2) is 4.71. The SMILES string of the molecule is CC(NC1CSCC(C)(C)C1)c1nn[nH]n1. The molecule has 1 aromatic rings. The van der Waals surface area contributed by atoms with Crippen LogP contribution in [0, 0.1) is 5.41 Å². The number of rotatable bonds is 3. The average molecular weight is 241 g/mol. The van der Waals surface area contributed by atoms with Crippen LogP contribution in [0.2, 0.25) is 0 Å². The van der Waals surface area contributed by atoms with Gasteiger partial charge in [0.1, 0.15) is 0 Å². The maximum absolute atomic E-state index is 4.00. The molecule has 0 amide bonds. The zero-order valence-electron chi connectivity index (χ0n) is 10.0. The van der Waals surface area contributed by atoms with Gasteiger partial charge in [-0.05, 0) is 24.5 Å². The molecule has 2 N–H and O–H groups in total. The summed E-state index contributed by atoms with van der Waals surface area (Å²) < 4.78 is 0. The summed E-state index contributed by atoms with van der Waals surface area (Å²) in [7, 11) is 0. The predicted molar refractivity (Wildman–Crippen MR) is 65.2 cm³/mol. The van der Waals surface area contributed by atoms with Crippen LogP contribution in [0.5, 0.6) is 0 Å². The molecule has 1 aromatic heterocycles. The van der Waals surface area contributed by atoms with E-state index in [0.717, 1.165) is 5.82 Å². The molecule has 1 aliphatic heterocycles. The van der Waals surface area contributed by atoms with Gasteiger partial charge in [0.25, 0.3) is 0 Å². The maximum Gasteiger partial charge on any atom is 0.191 e. The number of thioether (sulfide) groups is 1. The van der Waals surface area contributed by atoms with E-state index < -0.39 is 0 Å². The second-order valence-corrected chi connectivity index (χ2v) is 6.27. The zero-order chi connectivity index (χ0) is 11.6. The topological polar surface area (TPSA) is 66.5 Å². The van der Waals surface area contributed by atoms with Crippen molar-refractivity contribution in [1.29, 1.82) is 0 Å². The van der Waals surface area contributed by atoms with Gasteiger partial charge in [-0.15, -0.1) is 10.2 Å². The van der Waals surface area contributed by atoms with E-state index in [-0.39, 0.29) is 6.04 Å². The smallest absolute Gasteiger partial charge is 0.191 e. The highest BCUT2D eigenvalue weighted by molar-refractivity contribution is 7.99. The van der Waals surface area contributed by atoms with E-state index in [0.29, 0.717) is 11.5 Å². The van der Waals surface area contributed by atoms with Crippen molar-refractivity contribution in [2.45, 2.75) is 39.3 Å². The molecule has 90 valence electrons.